The average Bonchev–Trinajstić information content (AvgIpc) is 3.02. The molecule has 2 atom stereocenters. The van der Waals surface area contributed by atoms with E-state index in [-0.39, 0.29) is 24.8 Å². The SMILES string of the molecule is O=C1CCCC1C(=O)OCCOC(=O)C1CCCC1=O. The van der Waals surface area contributed by atoms with E-state index in [2.05, 4.69) is 0 Å². The van der Waals surface area contributed by atoms with Gasteiger partial charge in [0.25, 0.3) is 0 Å². The number of rotatable bonds is 5. The number of hydrogen-bond acceptors (Lipinski definition) is 6. The Morgan fingerprint density at radius 3 is 1.55 bits per heavy atom. The molecule has 0 aliphatic heterocycles. The van der Waals surface area contributed by atoms with E-state index in [1.54, 1.807) is 0 Å². The smallest absolute Gasteiger partial charge is 0.316 e. The van der Waals surface area contributed by atoms with Gasteiger partial charge in [-0.05, 0) is 25.7 Å². The minimum atomic E-state index is -0.651. The molecular formula is C14H18O6. The van der Waals surface area contributed by atoms with Crippen molar-refractivity contribution in [1.82, 2.24) is 0 Å². The molecule has 0 aromatic rings. The molecule has 20 heavy (non-hydrogen) atoms. The van der Waals surface area contributed by atoms with Crippen LogP contribution >= 0.6 is 0 Å². The molecule has 2 aliphatic carbocycles. The van der Waals surface area contributed by atoms with Gasteiger partial charge in [0.1, 0.15) is 36.6 Å². The Morgan fingerprint density at radius 1 is 0.850 bits per heavy atom. The standard InChI is InChI=1S/C14H18O6/c15-11-5-1-3-9(11)13(17)19-7-8-20-14(18)10-4-2-6-12(10)16/h9-10H,1-8H2. The molecule has 0 spiro atoms. The Kier molecular flexibility index (Phi) is 4.87. The first-order valence-electron chi connectivity index (χ1n) is 6.98. The molecule has 6 nitrogen and oxygen atoms in total. The zero-order valence-electron chi connectivity index (χ0n) is 11.3. The Hall–Kier alpha value is -1.72. The van der Waals surface area contributed by atoms with Crippen molar-refractivity contribution in [3.63, 3.8) is 0 Å². The molecule has 2 aliphatic rings. The molecule has 0 radical (unpaired) electrons. The quantitative estimate of drug-likeness (QED) is 0.421. The summed E-state index contributed by atoms with van der Waals surface area (Å²) in [5.74, 6) is -2.54. The third-order valence-corrected chi connectivity index (χ3v) is 3.75. The van der Waals surface area contributed by atoms with Gasteiger partial charge in [-0.2, -0.15) is 0 Å². The van der Waals surface area contributed by atoms with Crippen molar-refractivity contribution in [2.75, 3.05) is 13.2 Å². The summed E-state index contributed by atoms with van der Waals surface area (Å²) in [6.07, 6.45) is 3.37. The van der Waals surface area contributed by atoms with E-state index in [1.165, 1.54) is 0 Å². The number of ketones is 2. The molecule has 0 N–H and O–H groups in total. The van der Waals surface area contributed by atoms with E-state index in [1.807, 2.05) is 0 Å². The van der Waals surface area contributed by atoms with Gasteiger partial charge < -0.3 is 9.47 Å². The number of Topliss-reactive ketones (excluding diaryl/α,β-unsaturated/α-hetero) is 2. The van der Waals surface area contributed by atoms with Crippen molar-refractivity contribution in [3.05, 3.63) is 0 Å². The molecule has 0 heterocycles. The van der Waals surface area contributed by atoms with E-state index in [0.29, 0.717) is 25.7 Å². The summed E-state index contributed by atoms with van der Waals surface area (Å²) in [4.78, 5) is 45.8. The Morgan fingerprint density at radius 2 is 1.25 bits per heavy atom. The molecule has 2 rings (SSSR count). The van der Waals surface area contributed by atoms with Crippen molar-refractivity contribution in [1.29, 1.82) is 0 Å². The van der Waals surface area contributed by atoms with Crippen LogP contribution in [0, 0.1) is 11.8 Å². The highest BCUT2D eigenvalue weighted by atomic mass is 16.6. The maximum Gasteiger partial charge on any atom is 0.316 e. The van der Waals surface area contributed by atoms with Crippen LogP contribution in [0.15, 0.2) is 0 Å². The van der Waals surface area contributed by atoms with Crippen LogP contribution in [0.3, 0.4) is 0 Å². The van der Waals surface area contributed by atoms with Crippen LogP contribution in [-0.2, 0) is 28.7 Å². The van der Waals surface area contributed by atoms with Crippen LogP contribution in [0.2, 0.25) is 0 Å². The van der Waals surface area contributed by atoms with Gasteiger partial charge in [-0.1, -0.05) is 0 Å². The van der Waals surface area contributed by atoms with Crippen LogP contribution in [-0.4, -0.2) is 36.7 Å². The molecule has 6 heteroatoms. The molecule has 0 amide bonds. The third kappa shape index (κ3) is 3.43. The van der Waals surface area contributed by atoms with Crippen molar-refractivity contribution < 1.29 is 28.7 Å². The minimum absolute atomic E-state index is 0.0741. The second-order valence-electron chi connectivity index (χ2n) is 5.16. The maximum atomic E-state index is 11.6. The summed E-state index contributed by atoms with van der Waals surface area (Å²) in [5, 5.41) is 0. The minimum Gasteiger partial charge on any atom is -0.462 e. The highest BCUT2D eigenvalue weighted by molar-refractivity contribution is 6.01. The van der Waals surface area contributed by atoms with Gasteiger partial charge in [-0.25, -0.2) is 0 Å². The first-order valence-corrected chi connectivity index (χ1v) is 6.98. The summed E-state index contributed by atoms with van der Waals surface area (Å²) in [6, 6.07) is 0. The van der Waals surface area contributed by atoms with Gasteiger partial charge >= 0.3 is 11.9 Å². The van der Waals surface area contributed by atoms with Crippen molar-refractivity contribution in [2.45, 2.75) is 38.5 Å². The fraction of sp³-hybridized carbons (Fsp3) is 0.714. The van der Waals surface area contributed by atoms with Crippen LogP contribution in [0.4, 0.5) is 0 Å². The highest BCUT2D eigenvalue weighted by Gasteiger charge is 2.33. The first kappa shape index (κ1) is 14.7. The average molecular weight is 282 g/mol. The van der Waals surface area contributed by atoms with Gasteiger partial charge in [0.2, 0.25) is 0 Å². The summed E-state index contributed by atoms with van der Waals surface area (Å²) >= 11 is 0. The number of hydrogen-bond donors (Lipinski definition) is 0. The molecule has 0 bridgehead atoms. The third-order valence-electron chi connectivity index (χ3n) is 3.75. The van der Waals surface area contributed by atoms with Gasteiger partial charge in [-0.15, -0.1) is 0 Å². The normalized spacial score (nSPS) is 25.8. The van der Waals surface area contributed by atoms with Gasteiger partial charge in [0, 0.05) is 12.8 Å². The number of esters is 2. The van der Waals surface area contributed by atoms with Crippen molar-refractivity contribution >= 4 is 23.5 Å². The van der Waals surface area contributed by atoms with Crippen LogP contribution in [0.25, 0.3) is 0 Å². The van der Waals surface area contributed by atoms with Crippen LogP contribution in [0.5, 0.6) is 0 Å². The summed E-state index contributed by atoms with van der Waals surface area (Å²) in [7, 11) is 0. The van der Waals surface area contributed by atoms with E-state index in [9.17, 15) is 19.2 Å². The molecule has 0 aromatic carbocycles. The summed E-state index contributed by atoms with van der Waals surface area (Å²) in [6.45, 7) is -0.148. The Bertz CT molecular complexity index is 387. The zero-order valence-corrected chi connectivity index (χ0v) is 11.3. The van der Waals surface area contributed by atoms with Crippen molar-refractivity contribution in [3.8, 4) is 0 Å². The molecule has 110 valence electrons. The number of ether oxygens (including phenoxy) is 2. The van der Waals surface area contributed by atoms with E-state index in [4.69, 9.17) is 9.47 Å². The predicted molar refractivity (Wildman–Crippen MR) is 66.6 cm³/mol. The second kappa shape index (κ2) is 6.63. The fourth-order valence-corrected chi connectivity index (χ4v) is 2.62. The first-order chi connectivity index (χ1) is 9.59. The Labute approximate surface area is 116 Å². The summed E-state index contributed by atoms with van der Waals surface area (Å²) < 4.78 is 9.83. The monoisotopic (exact) mass is 282 g/mol. The zero-order chi connectivity index (χ0) is 14.5. The van der Waals surface area contributed by atoms with Gasteiger partial charge in [-0.3, -0.25) is 19.2 Å². The molecule has 0 aromatic heterocycles. The van der Waals surface area contributed by atoms with Crippen molar-refractivity contribution in [2.24, 2.45) is 11.8 Å². The lowest BCUT2D eigenvalue weighted by molar-refractivity contribution is -0.159. The number of carbonyl (C=O) groups excluding carboxylic acids is 4. The second-order valence-corrected chi connectivity index (χ2v) is 5.16. The van der Waals surface area contributed by atoms with Crippen LogP contribution in [0.1, 0.15) is 38.5 Å². The lowest BCUT2D eigenvalue weighted by Gasteiger charge is -2.11. The molecule has 2 fully saturated rings. The lowest BCUT2D eigenvalue weighted by atomic mass is 10.1. The highest BCUT2D eigenvalue weighted by Crippen LogP contribution is 2.23. The predicted octanol–water partition coefficient (Wildman–Crippen LogP) is 0.811. The lowest BCUT2D eigenvalue weighted by Crippen LogP contribution is -2.25. The molecule has 2 unspecified atom stereocenters. The molecular weight excluding hydrogens is 264 g/mol. The number of carbonyl (C=O) groups is 4. The maximum absolute atomic E-state index is 11.6. The molecule has 0 saturated heterocycles. The topological polar surface area (TPSA) is 86.7 Å². The van der Waals surface area contributed by atoms with Gasteiger partial charge in [0.15, 0.2) is 0 Å². The van der Waals surface area contributed by atoms with Crippen LogP contribution < -0.4 is 0 Å². The largest absolute Gasteiger partial charge is 0.462 e. The van der Waals surface area contributed by atoms with Gasteiger partial charge in [0.05, 0.1) is 0 Å². The Balaban J connectivity index is 1.64. The van der Waals surface area contributed by atoms with E-state index < -0.39 is 23.8 Å². The van der Waals surface area contributed by atoms with E-state index in [0.717, 1.165) is 12.8 Å². The summed E-state index contributed by atoms with van der Waals surface area (Å²) in [5.41, 5.74) is 0. The molecule has 2 saturated carbocycles. The van der Waals surface area contributed by atoms with E-state index >= 15 is 0 Å². The fourth-order valence-electron chi connectivity index (χ4n) is 2.62.